The van der Waals surface area contributed by atoms with Crippen LogP contribution in [0.2, 0.25) is 0 Å². The molecule has 0 radical (unpaired) electrons. The predicted octanol–water partition coefficient (Wildman–Crippen LogP) is 6.04. The fourth-order valence-electron chi connectivity index (χ4n) is 4.01. The molecule has 0 saturated heterocycles. The van der Waals surface area contributed by atoms with Crippen LogP contribution in [0.15, 0.2) is 76.0 Å². The largest absolute Gasteiger partial charge is 0.460 e. The zero-order valence-electron chi connectivity index (χ0n) is 20.4. The van der Waals surface area contributed by atoms with Gasteiger partial charge in [0.15, 0.2) is 5.69 Å². The Morgan fingerprint density at radius 2 is 1.86 bits per heavy atom. The zero-order chi connectivity index (χ0) is 26.6. The molecule has 0 fully saturated rings. The number of carbonyl (C=O) groups is 1. The SMILES string of the molecule is [C-]#[N+]c1ccc(CN(CCc2ccccc2)S(=O)(=O)c2ccc3oc(C(=O)OCC)c(C)c3c2)c(F)c1. The van der Waals surface area contributed by atoms with Crippen LogP contribution in [0, 0.1) is 19.3 Å². The smallest absolute Gasteiger partial charge is 0.374 e. The highest BCUT2D eigenvalue weighted by atomic mass is 32.2. The fourth-order valence-corrected chi connectivity index (χ4v) is 5.45. The van der Waals surface area contributed by atoms with Gasteiger partial charge in [0.05, 0.1) is 18.1 Å². The van der Waals surface area contributed by atoms with E-state index in [1.54, 1.807) is 13.8 Å². The average molecular weight is 521 g/mol. The molecule has 37 heavy (non-hydrogen) atoms. The Morgan fingerprint density at radius 3 is 2.54 bits per heavy atom. The van der Waals surface area contributed by atoms with Crippen LogP contribution < -0.4 is 0 Å². The highest BCUT2D eigenvalue weighted by Gasteiger charge is 2.27. The molecule has 0 amide bonds. The Hall–Kier alpha value is -4.00. The van der Waals surface area contributed by atoms with Gasteiger partial charge in [0.25, 0.3) is 0 Å². The molecule has 9 heteroatoms. The van der Waals surface area contributed by atoms with Crippen molar-refractivity contribution in [3.63, 3.8) is 0 Å². The molecule has 0 unspecified atom stereocenters. The van der Waals surface area contributed by atoms with E-state index in [1.807, 2.05) is 30.3 Å². The summed E-state index contributed by atoms with van der Waals surface area (Å²) in [5, 5.41) is 0.472. The molecule has 1 aromatic heterocycles. The number of ether oxygens (including phenoxy) is 1. The van der Waals surface area contributed by atoms with E-state index in [2.05, 4.69) is 4.85 Å². The molecule has 0 aliphatic carbocycles. The predicted molar refractivity (Wildman–Crippen MR) is 137 cm³/mol. The topological polar surface area (TPSA) is 81.2 Å². The van der Waals surface area contributed by atoms with Gasteiger partial charge in [0.1, 0.15) is 11.4 Å². The fraction of sp³-hybridized carbons (Fsp3) is 0.214. The van der Waals surface area contributed by atoms with E-state index in [0.717, 1.165) is 11.6 Å². The zero-order valence-corrected chi connectivity index (χ0v) is 21.2. The quantitative estimate of drug-likeness (QED) is 0.199. The number of aryl methyl sites for hydroxylation is 1. The molecule has 0 spiro atoms. The van der Waals surface area contributed by atoms with Crippen molar-refractivity contribution in [2.24, 2.45) is 0 Å². The van der Waals surface area contributed by atoms with Crippen LogP contribution in [0.4, 0.5) is 10.1 Å². The highest BCUT2D eigenvalue weighted by Crippen LogP contribution is 2.30. The van der Waals surface area contributed by atoms with Crippen molar-refractivity contribution in [3.05, 3.63) is 106 Å². The molecule has 3 aromatic carbocycles. The van der Waals surface area contributed by atoms with Crippen LogP contribution >= 0.6 is 0 Å². The van der Waals surface area contributed by atoms with Gasteiger partial charge in [-0.25, -0.2) is 22.4 Å². The summed E-state index contributed by atoms with van der Waals surface area (Å²) >= 11 is 0. The van der Waals surface area contributed by atoms with Gasteiger partial charge in [-0.1, -0.05) is 42.5 Å². The van der Waals surface area contributed by atoms with Gasteiger partial charge in [-0.3, -0.25) is 0 Å². The summed E-state index contributed by atoms with van der Waals surface area (Å²) in [4.78, 5) is 15.4. The third-order valence-corrected chi connectivity index (χ3v) is 7.85. The molecule has 0 saturated carbocycles. The minimum Gasteiger partial charge on any atom is -0.460 e. The number of rotatable bonds is 9. The maximum Gasteiger partial charge on any atom is 0.374 e. The number of esters is 1. The minimum atomic E-state index is -4.08. The second-order valence-electron chi connectivity index (χ2n) is 8.40. The van der Waals surface area contributed by atoms with Gasteiger partial charge in [-0.05, 0) is 50.1 Å². The Balaban J connectivity index is 1.72. The van der Waals surface area contributed by atoms with Gasteiger partial charge in [0.2, 0.25) is 15.8 Å². The first-order valence-electron chi connectivity index (χ1n) is 11.6. The Bertz CT molecular complexity index is 1590. The van der Waals surface area contributed by atoms with Crippen LogP contribution in [-0.2, 0) is 27.7 Å². The molecule has 4 aromatic rings. The number of hydrogen-bond acceptors (Lipinski definition) is 5. The van der Waals surface area contributed by atoms with Crippen LogP contribution in [0.1, 0.15) is 34.2 Å². The summed E-state index contributed by atoms with van der Waals surface area (Å²) in [6, 6.07) is 17.8. The van der Waals surface area contributed by atoms with Crippen molar-refractivity contribution in [1.82, 2.24) is 4.31 Å². The monoisotopic (exact) mass is 520 g/mol. The number of carbonyl (C=O) groups excluding carboxylic acids is 1. The molecule has 190 valence electrons. The number of hydrogen-bond donors (Lipinski definition) is 0. The summed E-state index contributed by atoms with van der Waals surface area (Å²) in [7, 11) is -4.08. The molecule has 0 atom stereocenters. The molecular weight excluding hydrogens is 495 g/mol. The van der Waals surface area contributed by atoms with E-state index >= 15 is 0 Å². The lowest BCUT2D eigenvalue weighted by atomic mass is 10.1. The van der Waals surface area contributed by atoms with E-state index in [0.29, 0.717) is 23.0 Å². The van der Waals surface area contributed by atoms with Gasteiger partial charge >= 0.3 is 5.97 Å². The number of benzene rings is 3. The van der Waals surface area contributed by atoms with Gasteiger partial charge in [-0.15, -0.1) is 0 Å². The van der Waals surface area contributed by atoms with Crippen molar-refractivity contribution in [2.75, 3.05) is 13.2 Å². The van der Waals surface area contributed by atoms with E-state index in [4.69, 9.17) is 15.7 Å². The molecule has 0 aliphatic rings. The van der Waals surface area contributed by atoms with E-state index in [-0.39, 0.29) is 41.6 Å². The van der Waals surface area contributed by atoms with E-state index in [9.17, 15) is 17.6 Å². The second kappa shape index (κ2) is 10.9. The molecule has 0 aliphatic heterocycles. The van der Waals surface area contributed by atoms with Crippen LogP contribution in [0.5, 0.6) is 0 Å². The Labute approximate surface area is 215 Å². The second-order valence-corrected chi connectivity index (χ2v) is 10.3. The first-order chi connectivity index (χ1) is 17.7. The first-order valence-corrected chi connectivity index (χ1v) is 13.1. The molecular formula is C28H25FN2O5S. The normalized spacial score (nSPS) is 11.5. The Kier molecular flexibility index (Phi) is 7.71. The molecule has 7 nitrogen and oxygen atoms in total. The lowest BCUT2D eigenvalue weighted by Crippen LogP contribution is -2.33. The number of furan rings is 1. The maximum absolute atomic E-state index is 14.7. The number of fused-ring (bicyclic) bond motifs is 1. The van der Waals surface area contributed by atoms with Crippen molar-refractivity contribution >= 4 is 32.6 Å². The van der Waals surface area contributed by atoms with Gasteiger partial charge in [0, 0.05) is 29.6 Å². The molecule has 1 heterocycles. The summed E-state index contributed by atoms with van der Waals surface area (Å²) < 4.78 is 54.3. The summed E-state index contributed by atoms with van der Waals surface area (Å²) in [5.41, 5.74) is 2.07. The van der Waals surface area contributed by atoms with Crippen molar-refractivity contribution in [1.29, 1.82) is 0 Å². The standard InChI is InChI=1S/C28H25FN2O5S/c1-4-35-28(32)27-19(2)24-17-23(12-13-26(24)36-27)37(33,34)31(15-14-20-8-6-5-7-9-20)18-21-10-11-22(30-3)16-25(21)29/h5-13,16-17H,4,14-15,18H2,1-2H3. The number of sulfonamides is 1. The molecule has 0 bridgehead atoms. The molecule has 0 N–H and O–H groups in total. The van der Waals surface area contributed by atoms with E-state index < -0.39 is 21.8 Å². The summed E-state index contributed by atoms with van der Waals surface area (Å²) in [5.74, 6) is -1.24. The van der Waals surface area contributed by atoms with Crippen LogP contribution in [-0.4, -0.2) is 31.8 Å². The summed E-state index contributed by atoms with van der Waals surface area (Å²) in [6.45, 7) is 10.5. The lowest BCUT2D eigenvalue weighted by Gasteiger charge is -2.23. The van der Waals surface area contributed by atoms with Crippen molar-refractivity contribution < 1.29 is 26.8 Å². The lowest BCUT2D eigenvalue weighted by molar-refractivity contribution is 0.0491. The minimum absolute atomic E-state index is 0.00874. The third-order valence-electron chi connectivity index (χ3n) is 6.01. The van der Waals surface area contributed by atoms with Gasteiger partial charge in [-0.2, -0.15) is 4.31 Å². The van der Waals surface area contributed by atoms with Crippen molar-refractivity contribution in [2.45, 2.75) is 31.7 Å². The molecule has 4 rings (SSSR count). The van der Waals surface area contributed by atoms with E-state index in [1.165, 1.54) is 34.6 Å². The van der Waals surface area contributed by atoms with Crippen LogP contribution in [0.25, 0.3) is 15.8 Å². The van der Waals surface area contributed by atoms with Crippen LogP contribution in [0.3, 0.4) is 0 Å². The van der Waals surface area contributed by atoms with Crippen molar-refractivity contribution in [3.8, 4) is 0 Å². The number of halogens is 1. The average Bonchev–Trinajstić information content (AvgIpc) is 3.23. The first kappa shape index (κ1) is 26.1. The number of nitrogens with zero attached hydrogens (tertiary/aromatic N) is 2. The van der Waals surface area contributed by atoms with Gasteiger partial charge < -0.3 is 9.15 Å². The third kappa shape index (κ3) is 5.56. The maximum atomic E-state index is 14.7. The summed E-state index contributed by atoms with van der Waals surface area (Å²) in [6.07, 6.45) is 0.418. The Morgan fingerprint density at radius 1 is 1.11 bits per heavy atom. The highest BCUT2D eigenvalue weighted by molar-refractivity contribution is 7.89.